The van der Waals surface area contributed by atoms with Crippen molar-refractivity contribution in [3.05, 3.63) is 24.0 Å². The van der Waals surface area contributed by atoms with Crippen molar-refractivity contribution in [3.8, 4) is 0 Å². The number of nitrogens with one attached hydrogen (secondary N) is 1. The zero-order valence-electron chi connectivity index (χ0n) is 11.1. The standard InChI is InChI=1S/C13H21N3O2/c1-15(2)8-4-7-14-13(18)6-10-16-9-3-5-12(16)11-17/h3,5,9,11H,4,6-8,10H2,1-2H3,(H,14,18). The fourth-order valence-electron chi connectivity index (χ4n) is 1.67. The lowest BCUT2D eigenvalue weighted by Crippen LogP contribution is -2.27. The number of carbonyl (C=O) groups is 2. The van der Waals surface area contributed by atoms with E-state index in [4.69, 9.17) is 0 Å². The van der Waals surface area contributed by atoms with E-state index in [0.717, 1.165) is 19.3 Å². The largest absolute Gasteiger partial charge is 0.356 e. The van der Waals surface area contributed by atoms with Crippen molar-refractivity contribution in [1.82, 2.24) is 14.8 Å². The Hall–Kier alpha value is -1.62. The second-order valence-electron chi connectivity index (χ2n) is 4.50. The zero-order chi connectivity index (χ0) is 13.4. The van der Waals surface area contributed by atoms with Crippen LogP contribution in [0.1, 0.15) is 23.3 Å². The molecule has 0 aliphatic carbocycles. The maximum atomic E-state index is 11.6. The van der Waals surface area contributed by atoms with Crippen molar-refractivity contribution in [2.24, 2.45) is 0 Å². The first-order valence-corrected chi connectivity index (χ1v) is 6.15. The average Bonchev–Trinajstić information content (AvgIpc) is 2.79. The Labute approximate surface area is 108 Å². The van der Waals surface area contributed by atoms with E-state index in [1.54, 1.807) is 16.7 Å². The molecule has 0 saturated carbocycles. The molecule has 5 heteroatoms. The third-order valence-electron chi connectivity index (χ3n) is 2.67. The number of nitrogens with zero attached hydrogens (tertiary/aromatic N) is 2. The molecule has 0 fully saturated rings. The minimum Gasteiger partial charge on any atom is -0.356 e. The zero-order valence-corrected chi connectivity index (χ0v) is 11.1. The molecule has 0 aliphatic heterocycles. The molecule has 0 radical (unpaired) electrons. The van der Waals surface area contributed by atoms with Crippen LogP contribution in [0.3, 0.4) is 0 Å². The van der Waals surface area contributed by atoms with Crippen LogP contribution < -0.4 is 5.32 Å². The molecule has 1 amide bonds. The highest BCUT2D eigenvalue weighted by molar-refractivity contribution is 5.76. The van der Waals surface area contributed by atoms with Gasteiger partial charge in [-0.25, -0.2) is 0 Å². The summed E-state index contributed by atoms with van der Waals surface area (Å²) in [5.41, 5.74) is 0.607. The van der Waals surface area contributed by atoms with Gasteiger partial charge in [0, 0.05) is 25.7 Å². The van der Waals surface area contributed by atoms with Gasteiger partial charge in [-0.1, -0.05) is 0 Å². The number of hydrogen-bond donors (Lipinski definition) is 1. The van der Waals surface area contributed by atoms with Crippen LogP contribution in [-0.2, 0) is 11.3 Å². The molecule has 0 unspecified atom stereocenters. The quantitative estimate of drug-likeness (QED) is 0.548. The van der Waals surface area contributed by atoms with Crippen LogP contribution in [0.25, 0.3) is 0 Å². The van der Waals surface area contributed by atoms with E-state index in [0.29, 0.717) is 25.2 Å². The predicted octanol–water partition coefficient (Wildman–Crippen LogP) is 0.759. The molecule has 0 bridgehead atoms. The minimum absolute atomic E-state index is 0.0271. The van der Waals surface area contributed by atoms with Gasteiger partial charge in [0.15, 0.2) is 6.29 Å². The lowest BCUT2D eigenvalue weighted by atomic mass is 10.3. The molecule has 1 N–H and O–H groups in total. The normalized spacial score (nSPS) is 10.6. The van der Waals surface area contributed by atoms with E-state index in [2.05, 4.69) is 10.2 Å². The first kappa shape index (κ1) is 14.4. The van der Waals surface area contributed by atoms with E-state index in [-0.39, 0.29) is 5.91 Å². The molecule has 0 aromatic carbocycles. The average molecular weight is 251 g/mol. The molecule has 0 saturated heterocycles. The second kappa shape index (κ2) is 7.66. The second-order valence-corrected chi connectivity index (χ2v) is 4.50. The monoisotopic (exact) mass is 251 g/mol. The number of hydrogen-bond acceptors (Lipinski definition) is 3. The van der Waals surface area contributed by atoms with Crippen LogP contribution in [0.15, 0.2) is 18.3 Å². The van der Waals surface area contributed by atoms with Gasteiger partial charge >= 0.3 is 0 Å². The van der Waals surface area contributed by atoms with Gasteiger partial charge in [0.05, 0.1) is 5.69 Å². The fourth-order valence-corrected chi connectivity index (χ4v) is 1.67. The third kappa shape index (κ3) is 5.14. The summed E-state index contributed by atoms with van der Waals surface area (Å²) in [4.78, 5) is 24.3. The van der Waals surface area contributed by atoms with Crippen molar-refractivity contribution < 1.29 is 9.59 Å². The molecule has 1 aromatic heterocycles. The first-order valence-electron chi connectivity index (χ1n) is 6.15. The van der Waals surface area contributed by atoms with Crippen LogP contribution >= 0.6 is 0 Å². The van der Waals surface area contributed by atoms with Gasteiger partial charge < -0.3 is 14.8 Å². The van der Waals surface area contributed by atoms with Gasteiger partial charge in [0.25, 0.3) is 0 Å². The van der Waals surface area contributed by atoms with Crippen LogP contribution in [0, 0.1) is 0 Å². The molecule has 1 rings (SSSR count). The predicted molar refractivity (Wildman–Crippen MR) is 70.6 cm³/mol. The summed E-state index contributed by atoms with van der Waals surface area (Å²) >= 11 is 0. The Balaban J connectivity index is 2.19. The van der Waals surface area contributed by atoms with Crippen LogP contribution in [0.5, 0.6) is 0 Å². The van der Waals surface area contributed by atoms with Crippen molar-refractivity contribution in [1.29, 1.82) is 0 Å². The third-order valence-corrected chi connectivity index (χ3v) is 2.67. The highest BCUT2D eigenvalue weighted by Gasteiger charge is 2.03. The first-order chi connectivity index (χ1) is 8.63. The van der Waals surface area contributed by atoms with Gasteiger partial charge in [-0.2, -0.15) is 0 Å². The van der Waals surface area contributed by atoms with Gasteiger partial charge in [0.2, 0.25) is 5.91 Å². The molecular formula is C13H21N3O2. The minimum atomic E-state index is 0.0271. The number of amides is 1. The van der Waals surface area contributed by atoms with Crippen LogP contribution in [0.4, 0.5) is 0 Å². The summed E-state index contributed by atoms with van der Waals surface area (Å²) in [5, 5.41) is 2.87. The number of aryl methyl sites for hydroxylation is 1. The van der Waals surface area contributed by atoms with E-state index in [1.165, 1.54) is 0 Å². The Bertz CT molecular complexity index is 385. The molecule has 1 aromatic rings. The molecular weight excluding hydrogens is 230 g/mol. The van der Waals surface area contributed by atoms with Gasteiger partial charge in [-0.3, -0.25) is 9.59 Å². The highest BCUT2D eigenvalue weighted by atomic mass is 16.1. The Morgan fingerprint density at radius 2 is 2.28 bits per heavy atom. The van der Waals surface area contributed by atoms with E-state index >= 15 is 0 Å². The number of rotatable bonds is 8. The van der Waals surface area contributed by atoms with E-state index < -0.39 is 0 Å². The number of aldehydes is 1. The van der Waals surface area contributed by atoms with Crippen molar-refractivity contribution in [3.63, 3.8) is 0 Å². The Morgan fingerprint density at radius 1 is 1.50 bits per heavy atom. The number of aromatic nitrogens is 1. The fraction of sp³-hybridized carbons (Fsp3) is 0.538. The molecule has 100 valence electrons. The lowest BCUT2D eigenvalue weighted by molar-refractivity contribution is -0.121. The topological polar surface area (TPSA) is 54.3 Å². The molecule has 1 heterocycles. The molecule has 0 spiro atoms. The SMILES string of the molecule is CN(C)CCCNC(=O)CCn1cccc1C=O. The summed E-state index contributed by atoms with van der Waals surface area (Å²) < 4.78 is 1.78. The summed E-state index contributed by atoms with van der Waals surface area (Å²) in [6.45, 7) is 2.21. The Kier molecular flexibility index (Phi) is 6.14. The molecule has 0 aliphatic rings. The highest BCUT2D eigenvalue weighted by Crippen LogP contribution is 2.00. The van der Waals surface area contributed by atoms with Crippen molar-refractivity contribution in [2.75, 3.05) is 27.2 Å². The van der Waals surface area contributed by atoms with E-state index in [1.807, 2.05) is 20.3 Å². The van der Waals surface area contributed by atoms with Crippen molar-refractivity contribution in [2.45, 2.75) is 19.4 Å². The van der Waals surface area contributed by atoms with Gasteiger partial charge in [-0.05, 0) is 39.2 Å². The van der Waals surface area contributed by atoms with Gasteiger partial charge in [0.1, 0.15) is 0 Å². The van der Waals surface area contributed by atoms with Crippen LogP contribution in [0.2, 0.25) is 0 Å². The van der Waals surface area contributed by atoms with E-state index in [9.17, 15) is 9.59 Å². The smallest absolute Gasteiger partial charge is 0.221 e. The summed E-state index contributed by atoms with van der Waals surface area (Å²) in [7, 11) is 4.02. The molecule has 18 heavy (non-hydrogen) atoms. The maximum Gasteiger partial charge on any atom is 0.221 e. The Morgan fingerprint density at radius 3 is 2.94 bits per heavy atom. The summed E-state index contributed by atoms with van der Waals surface area (Å²) in [5.74, 6) is 0.0271. The number of carbonyl (C=O) groups excluding carboxylic acids is 2. The maximum absolute atomic E-state index is 11.6. The van der Waals surface area contributed by atoms with Gasteiger partial charge in [-0.15, -0.1) is 0 Å². The summed E-state index contributed by atoms with van der Waals surface area (Å²) in [6.07, 6.45) is 3.96. The summed E-state index contributed by atoms with van der Waals surface area (Å²) in [6, 6.07) is 3.54. The molecule has 5 nitrogen and oxygen atoms in total. The molecule has 0 atom stereocenters. The van der Waals surface area contributed by atoms with Crippen molar-refractivity contribution >= 4 is 12.2 Å². The lowest BCUT2D eigenvalue weighted by Gasteiger charge is -2.10. The van der Waals surface area contributed by atoms with Crippen LogP contribution in [-0.4, -0.2) is 48.8 Å².